The van der Waals surface area contributed by atoms with Gasteiger partial charge < -0.3 is 23.7 Å². The molecule has 6 nitrogen and oxygen atoms in total. The molecule has 0 N–H and O–H groups in total. The smallest absolute Gasteiger partial charge is 0.334 e. The van der Waals surface area contributed by atoms with E-state index in [1.807, 2.05) is 66.7 Å². The molecule has 0 aromatic heterocycles. The van der Waals surface area contributed by atoms with Crippen molar-refractivity contribution in [1.29, 1.82) is 0 Å². The van der Waals surface area contributed by atoms with Gasteiger partial charge in [-0.2, -0.15) is 0 Å². The summed E-state index contributed by atoms with van der Waals surface area (Å²) in [5, 5.41) is 0. The van der Waals surface area contributed by atoms with Crippen molar-refractivity contribution in [3.8, 4) is 23.0 Å². The van der Waals surface area contributed by atoms with E-state index in [-0.39, 0.29) is 6.79 Å². The Balaban J connectivity index is 1.86. The van der Waals surface area contributed by atoms with Gasteiger partial charge in [0.05, 0.1) is 21.3 Å². The number of hydrogen-bond donors (Lipinski definition) is 0. The van der Waals surface area contributed by atoms with Gasteiger partial charge >= 0.3 is 5.97 Å². The van der Waals surface area contributed by atoms with Gasteiger partial charge in [-0.25, -0.2) is 4.79 Å². The Morgan fingerprint density at radius 3 is 1.88 bits per heavy atom. The third kappa shape index (κ3) is 4.39. The van der Waals surface area contributed by atoms with Crippen LogP contribution in [-0.4, -0.2) is 34.1 Å². The highest BCUT2D eigenvalue weighted by Crippen LogP contribution is 2.35. The minimum absolute atomic E-state index is 0.196. The molecule has 0 atom stereocenters. The number of methoxy groups -OCH3 is 3. The first-order valence-corrected chi connectivity index (χ1v) is 10.1. The lowest BCUT2D eigenvalue weighted by molar-refractivity contribution is -0.136. The first kappa shape index (κ1) is 21.3. The van der Waals surface area contributed by atoms with E-state index in [1.54, 1.807) is 14.2 Å². The molecule has 1 aliphatic rings. The van der Waals surface area contributed by atoms with Crippen molar-refractivity contribution < 1.29 is 28.5 Å². The van der Waals surface area contributed by atoms with Crippen LogP contribution in [0.3, 0.4) is 0 Å². The van der Waals surface area contributed by atoms with Crippen molar-refractivity contribution in [2.24, 2.45) is 0 Å². The van der Waals surface area contributed by atoms with Crippen LogP contribution in [0.2, 0.25) is 0 Å². The van der Waals surface area contributed by atoms with Gasteiger partial charge in [0.1, 0.15) is 11.5 Å². The second-order valence-corrected chi connectivity index (χ2v) is 7.17. The minimum atomic E-state index is -0.399. The molecule has 0 unspecified atom stereocenters. The molecule has 0 spiro atoms. The summed E-state index contributed by atoms with van der Waals surface area (Å²) in [6.45, 7) is 0.196. The summed E-state index contributed by atoms with van der Waals surface area (Å²) in [7, 11) is 4.63. The van der Waals surface area contributed by atoms with Crippen LogP contribution in [0.15, 0.2) is 72.3 Å². The average molecular weight is 432 g/mol. The average Bonchev–Trinajstić information content (AvgIpc) is 3.32. The number of carbonyl (C=O) groups excluding carboxylic acids is 1. The largest absolute Gasteiger partial charge is 0.497 e. The van der Waals surface area contributed by atoms with Crippen molar-refractivity contribution in [3.05, 3.63) is 89.0 Å². The molecule has 0 radical (unpaired) electrons. The number of ether oxygens (including phenoxy) is 5. The summed E-state index contributed by atoms with van der Waals surface area (Å²) in [5.41, 5.74) is 3.96. The zero-order valence-corrected chi connectivity index (χ0v) is 18.2. The van der Waals surface area contributed by atoms with Crippen molar-refractivity contribution in [2.45, 2.75) is 6.42 Å². The zero-order valence-electron chi connectivity index (χ0n) is 18.2. The molecule has 0 saturated heterocycles. The van der Waals surface area contributed by atoms with Crippen LogP contribution in [0.1, 0.15) is 16.7 Å². The van der Waals surface area contributed by atoms with Crippen molar-refractivity contribution in [3.63, 3.8) is 0 Å². The number of hydrogen-bond acceptors (Lipinski definition) is 6. The topological polar surface area (TPSA) is 63.2 Å². The third-order valence-electron chi connectivity index (χ3n) is 5.31. The molecule has 0 saturated carbocycles. The van der Waals surface area contributed by atoms with Crippen molar-refractivity contribution in [2.75, 3.05) is 28.1 Å². The van der Waals surface area contributed by atoms with Gasteiger partial charge in [-0.15, -0.1) is 0 Å². The zero-order chi connectivity index (χ0) is 22.5. The molecule has 0 aliphatic carbocycles. The second kappa shape index (κ2) is 9.47. The Labute approximate surface area is 186 Å². The van der Waals surface area contributed by atoms with Gasteiger partial charge in [0.25, 0.3) is 0 Å². The van der Waals surface area contributed by atoms with Crippen LogP contribution in [-0.2, 0) is 16.0 Å². The number of esters is 1. The molecule has 4 rings (SSSR count). The molecule has 164 valence electrons. The lowest BCUT2D eigenvalue weighted by atomic mass is 9.89. The third-order valence-corrected chi connectivity index (χ3v) is 5.31. The Bertz CT molecular complexity index is 1080. The minimum Gasteiger partial charge on any atom is -0.497 e. The van der Waals surface area contributed by atoms with Crippen LogP contribution in [0.4, 0.5) is 0 Å². The van der Waals surface area contributed by atoms with E-state index in [9.17, 15) is 4.79 Å². The fraction of sp³-hybridized carbons (Fsp3) is 0.192. The summed E-state index contributed by atoms with van der Waals surface area (Å²) < 4.78 is 26.7. The summed E-state index contributed by atoms with van der Waals surface area (Å²) in [6, 6.07) is 20.9. The normalized spacial score (nSPS) is 11.6. The van der Waals surface area contributed by atoms with Gasteiger partial charge in [0.2, 0.25) is 6.79 Å². The van der Waals surface area contributed by atoms with E-state index in [2.05, 4.69) is 0 Å². The maximum atomic E-state index is 13.0. The molecular weight excluding hydrogens is 408 g/mol. The van der Waals surface area contributed by atoms with Gasteiger partial charge in [0, 0.05) is 12.0 Å². The Kier molecular flexibility index (Phi) is 6.31. The molecule has 6 heteroatoms. The van der Waals surface area contributed by atoms with Gasteiger partial charge in [-0.3, -0.25) is 0 Å². The van der Waals surface area contributed by atoms with Gasteiger partial charge in [-0.05, 0) is 58.7 Å². The van der Waals surface area contributed by atoms with Crippen LogP contribution in [0.5, 0.6) is 23.0 Å². The summed E-state index contributed by atoms with van der Waals surface area (Å²) >= 11 is 0. The standard InChI is InChI=1S/C26H24O6/c1-28-20-9-5-18(6-10-20)25(19-7-11-21(29-2)12-8-19)22(26(27)30-3)14-17-4-13-23-24(15-17)32-16-31-23/h4-13,15H,14,16H2,1-3H3. The van der Waals surface area contributed by atoms with E-state index in [0.29, 0.717) is 23.5 Å². The number of fused-ring (bicyclic) bond motifs is 1. The highest BCUT2D eigenvalue weighted by molar-refractivity contribution is 6.02. The number of carbonyl (C=O) groups is 1. The van der Waals surface area contributed by atoms with E-state index < -0.39 is 5.97 Å². The van der Waals surface area contributed by atoms with Crippen LogP contribution < -0.4 is 18.9 Å². The fourth-order valence-electron chi connectivity index (χ4n) is 3.67. The SMILES string of the molecule is COC(=O)C(Cc1ccc2c(c1)OCO2)=C(c1ccc(OC)cc1)c1ccc(OC)cc1. The Morgan fingerprint density at radius 1 is 0.781 bits per heavy atom. The first-order valence-electron chi connectivity index (χ1n) is 10.1. The maximum Gasteiger partial charge on any atom is 0.334 e. The number of rotatable bonds is 7. The predicted octanol–water partition coefficient (Wildman–Crippen LogP) is 4.65. The molecule has 3 aromatic rings. The van der Waals surface area contributed by atoms with Crippen LogP contribution >= 0.6 is 0 Å². The van der Waals surface area contributed by atoms with E-state index in [0.717, 1.165) is 33.8 Å². The van der Waals surface area contributed by atoms with E-state index >= 15 is 0 Å². The molecule has 32 heavy (non-hydrogen) atoms. The molecular formula is C26H24O6. The molecule has 0 amide bonds. The van der Waals surface area contributed by atoms with Crippen LogP contribution in [0, 0.1) is 0 Å². The quantitative estimate of drug-likeness (QED) is 0.400. The predicted molar refractivity (Wildman–Crippen MR) is 120 cm³/mol. The molecule has 3 aromatic carbocycles. The first-order chi connectivity index (χ1) is 15.6. The highest BCUT2D eigenvalue weighted by atomic mass is 16.7. The Morgan fingerprint density at radius 2 is 1.34 bits per heavy atom. The highest BCUT2D eigenvalue weighted by Gasteiger charge is 2.22. The second-order valence-electron chi connectivity index (χ2n) is 7.17. The number of benzene rings is 3. The summed E-state index contributed by atoms with van der Waals surface area (Å²) in [6.07, 6.45) is 0.358. The monoisotopic (exact) mass is 432 g/mol. The van der Waals surface area contributed by atoms with E-state index in [1.165, 1.54) is 7.11 Å². The summed E-state index contributed by atoms with van der Waals surface area (Å²) in [5.74, 6) is 2.44. The van der Waals surface area contributed by atoms with Crippen molar-refractivity contribution >= 4 is 11.5 Å². The van der Waals surface area contributed by atoms with Crippen LogP contribution in [0.25, 0.3) is 5.57 Å². The Hall–Kier alpha value is -3.93. The molecule has 1 aliphatic heterocycles. The summed E-state index contributed by atoms with van der Waals surface area (Å²) in [4.78, 5) is 13.0. The lowest BCUT2D eigenvalue weighted by Crippen LogP contribution is -2.11. The fourth-order valence-corrected chi connectivity index (χ4v) is 3.67. The van der Waals surface area contributed by atoms with Gasteiger partial charge in [0.15, 0.2) is 11.5 Å². The molecule has 0 bridgehead atoms. The van der Waals surface area contributed by atoms with E-state index in [4.69, 9.17) is 23.7 Å². The lowest BCUT2D eigenvalue weighted by Gasteiger charge is -2.16. The van der Waals surface area contributed by atoms with Crippen molar-refractivity contribution in [1.82, 2.24) is 0 Å². The molecule has 0 fully saturated rings. The van der Waals surface area contributed by atoms with Gasteiger partial charge in [-0.1, -0.05) is 30.3 Å². The maximum absolute atomic E-state index is 13.0. The molecule has 1 heterocycles.